The third-order valence-corrected chi connectivity index (χ3v) is 3.94. The SMILES string of the molecule is CCCCCCCCCCCC(=O)N/N=C(\C)c1cccnc1. The molecule has 4 heteroatoms. The predicted octanol–water partition coefficient (Wildman–Crippen LogP) is 4.84. The zero-order chi connectivity index (χ0) is 16.8. The number of carbonyl (C=O) groups is 1. The van der Waals surface area contributed by atoms with E-state index in [1.165, 1.54) is 44.9 Å². The molecular weight excluding hydrogens is 286 g/mol. The van der Waals surface area contributed by atoms with Crippen molar-refractivity contribution in [2.24, 2.45) is 5.10 Å². The fourth-order valence-electron chi connectivity index (χ4n) is 2.44. The van der Waals surface area contributed by atoms with E-state index in [4.69, 9.17) is 0 Å². The minimum Gasteiger partial charge on any atom is -0.273 e. The van der Waals surface area contributed by atoms with E-state index in [0.717, 1.165) is 24.1 Å². The van der Waals surface area contributed by atoms with Crippen LogP contribution in [-0.4, -0.2) is 16.6 Å². The lowest BCUT2D eigenvalue weighted by Crippen LogP contribution is -2.18. The first-order valence-electron chi connectivity index (χ1n) is 8.97. The highest BCUT2D eigenvalue weighted by atomic mass is 16.2. The summed E-state index contributed by atoms with van der Waals surface area (Å²) in [5.74, 6) is -0.00353. The molecule has 128 valence electrons. The Labute approximate surface area is 140 Å². The molecule has 1 heterocycles. The molecule has 4 nitrogen and oxygen atoms in total. The van der Waals surface area contributed by atoms with E-state index in [1.54, 1.807) is 12.4 Å². The van der Waals surface area contributed by atoms with E-state index in [1.807, 2.05) is 19.1 Å². The predicted molar refractivity (Wildman–Crippen MR) is 96.4 cm³/mol. The Balaban J connectivity index is 2.04. The lowest BCUT2D eigenvalue weighted by molar-refractivity contribution is -0.121. The maximum absolute atomic E-state index is 11.8. The minimum atomic E-state index is -0.00353. The molecule has 0 aliphatic heterocycles. The second kappa shape index (κ2) is 12.8. The number of hydrazone groups is 1. The summed E-state index contributed by atoms with van der Waals surface area (Å²) in [6.45, 7) is 4.11. The first-order valence-corrected chi connectivity index (χ1v) is 8.97. The molecule has 1 aromatic rings. The summed E-state index contributed by atoms with van der Waals surface area (Å²) in [7, 11) is 0. The van der Waals surface area contributed by atoms with Crippen LogP contribution in [0.3, 0.4) is 0 Å². The molecule has 0 spiro atoms. The van der Waals surface area contributed by atoms with Crippen LogP contribution in [0.5, 0.6) is 0 Å². The van der Waals surface area contributed by atoms with Crippen LogP contribution in [-0.2, 0) is 4.79 Å². The van der Waals surface area contributed by atoms with Gasteiger partial charge in [-0.2, -0.15) is 5.10 Å². The quantitative estimate of drug-likeness (QED) is 0.340. The number of nitrogens with one attached hydrogen (secondary N) is 1. The fourth-order valence-corrected chi connectivity index (χ4v) is 2.44. The summed E-state index contributed by atoms with van der Waals surface area (Å²) in [4.78, 5) is 15.8. The van der Waals surface area contributed by atoms with Crippen molar-refractivity contribution in [1.82, 2.24) is 10.4 Å². The molecule has 0 aliphatic rings. The van der Waals surface area contributed by atoms with Gasteiger partial charge in [0.1, 0.15) is 0 Å². The molecule has 0 radical (unpaired) electrons. The van der Waals surface area contributed by atoms with E-state index < -0.39 is 0 Å². The van der Waals surface area contributed by atoms with Crippen LogP contribution in [0.25, 0.3) is 0 Å². The van der Waals surface area contributed by atoms with Gasteiger partial charge in [-0.15, -0.1) is 0 Å². The van der Waals surface area contributed by atoms with Crippen LogP contribution >= 0.6 is 0 Å². The molecule has 1 rings (SSSR count). The number of hydrogen-bond acceptors (Lipinski definition) is 3. The maximum Gasteiger partial charge on any atom is 0.240 e. The van der Waals surface area contributed by atoms with Crippen LogP contribution in [0.4, 0.5) is 0 Å². The Morgan fingerprint density at radius 3 is 2.35 bits per heavy atom. The Kier molecular flexibility index (Phi) is 10.8. The van der Waals surface area contributed by atoms with Crippen molar-refractivity contribution >= 4 is 11.6 Å². The van der Waals surface area contributed by atoms with Gasteiger partial charge in [0, 0.05) is 24.4 Å². The molecule has 0 aromatic carbocycles. The van der Waals surface area contributed by atoms with Gasteiger partial charge < -0.3 is 0 Å². The highest BCUT2D eigenvalue weighted by Crippen LogP contribution is 2.10. The lowest BCUT2D eigenvalue weighted by Gasteiger charge is -2.03. The molecule has 23 heavy (non-hydrogen) atoms. The van der Waals surface area contributed by atoms with Gasteiger partial charge in [0.15, 0.2) is 0 Å². The average molecular weight is 317 g/mol. The third kappa shape index (κ3) is 9.82. The molecule has 0 bridgehead atoms. The van der Waals surface area contributed by atoms with Gasteiger partial charge in [-0.1, -0.05) is 64.4 Å². The number of nitrogens with zero attached hydrogens (tertiary/aromatic N) is 2. The van der Waals surface area contributed by atoms with E-state index >= 15 is 0 Å². The Morgan fingerprint density at radius 1 is 1.09 bits per heavy atom. The molecule has 0 unspecified atom stereocenters. The van der Waals surface area contributed by atoms with Crippen molar-refractivity contribution < 1.29 is 4.79 Å². The average Bonchev–Trinajstić information content (AvgIpc) is 2.59. The zero-order valence-electron chi connectivity index (χ0n) is 14.7. The van der Waals surface area contributed by atoms with E-state index in [9.17, 15) is 4.79 Å². The number of amides is 1. The largest absolute Gasteiger partial charge is 0.273 e. The first-order chi connectivity index (χ1) is 11.2. The summed E-state index contributed by atoms with van der Waals surface area (Å²) >= 11 is 0. The highest BCUT2D eigenvalue weighted by molar-refractivity contribution is 5.98. The van der Waals surface area contributed by atoms with Crippen molar-refractivity contribution in [2.45, 2.75) is 78.1 Å². The third-order valence-electron chi connectivity index (χ3n) is 3.94. The number of hydrogen-bond donors (Lipinski definition) is 1. The number of pyridine rings is 1. The van der Waals surface area contributed by atoms with Gasteiger partial charge in [0.2, 0.25) is 5.91 Å². The summed E-state index contributed by atoms with van der Waals surface area (Å²) in [5, 5.41) is 4.13. The molecule has 0 atom stereocenters. The van der Waals surface area contributed by atoms with Crippen molar-refractivity contribution in [3.05, 3.63) is 30.1 Å². The van der Waals surface area contributed by atoms with Gasteiger partial charge in [-0.05, 0) is 19.4 Å². The van der Waals surface area contributed by atoms with Crippen LogP contribution < -0.4 is 5.43 Å². The zero-order valence-corrected chi connectivity index (χ0v) is 14.7. The molecule has 0 fully saturated rings. The minimum absolute atomic E-state index is 0.00353. The van der Waals surface area contributed by atoms with Gasteiger partial charge in [-0.25, -0.2) is 5.43 Å². The van der Waals surface area contributed by atoms with E-state index in [2.05, 4.69) is 22.4 Å². The molecule has 1 amide bonds. The number of unbranched alkanes of at least 4 members (excludes halogenated alkanes) is 8. The molecule has 0 aliphatic carbocycles. The summed E-state index contributed by atoms with van der Waals surface area (Å²) < 4.78 is 0. The van der Waals surface area contributed by atoms with E-state index in [-0.39, 0.29) is 5.91 Å². The normalized spacial score (nSPS) is 11.5. The van der Waals surface area contributed by atoms with Gasteiger partial charge in [0.05, 0.1) is 5.71 Å². The number of carbonyl (C=O) groups excluding carboxylic acids is 1. The second-order valence-corrected chi connectivity index (χ2v) is 6.05. The monoisotopic (exact) mass is 317 g/mol. The van der Waals surface area contributed by atoms with Crippen molar-refractivity contribution in [2.75, 3.05) is 0 Å². The van der Waals surface area contributed by atoms with Gasteiger partial charge >= 0.3 is 0 Å². The molecular formula is C19H31N3O. The Morgan fingerprint density at radius 2 is 1.74 bits per heavy atom. The van der Waals surface area contributed by atoms with Gasteiger partial charge in [0.25, 0.3) is 0 Å². The number of aromatic nitrogens is 1. The molecule has 1 aromatic heterocycles. The highest BCUT2D eigenvalue weighted by Gasteiger charge is 2.01. The van der Waals surface area contributed by atoms with Crippen LogP contribution in [0.1, 0.15) is 83.6 Å². The maximum atomic E-state index is 11.8. The standard InChI is InChI=1S/C19H31N3O/c1-3-4-5-6-7-8-9-10-11-14-19(23)22-21-17(2)18-13-12-15-20-16-18/h12-13,15-16H,3-11,14H2,1-2H3,(H,22,23)/b21-17+. The smallest absolute Gasteiger partial charge is 0.240 e. The summed E-state index contributed by atoms with van der Waals surface area (Å²) in [5.41, 5.74) is 4.33. The van der Waals surface area contributed by atoms with Crippen molar-refractivity contribution in [1.29, 1.82) is 0 Å². The molecule has 0 saturated heterocycles. The molecule has 0 saturated carbocycles. The van der Waals surface area contributed by atoms with Crippen LogP contribution in [0.15, 0.2) is 29.6 Å². The molecule has 1 N–H and O–H groups in total. The second-order valence-electron chi connectivity index (χ2n) is 6.05. The fraction of sp³-hybridized carbons (Fsp3) is 0.632. The van der Waals surface area contributed by atoms with E-state index in [0.29, 0.717) is 6.42 Å². The van der Waals surface area contributed by atoms with Crippen molar-refractivity contribution in [3.63, 3.8) is 0 Å². The topological polar surface area (TPSA) is 54.4 Å². The van der Waals surface area contributed by atoms with Crippen LogP contribution in [0.2, 0.25) is 0 Å². The first kappa shape index (κ1) is 19.3. The van der Waals surface area contributed by atoms with Crippen LogP contribution in [0, 0.1) is 0 Å². The summed E-state index contributed by atoms with van der Waals surface area (Å²) in [6.07, 6.45) is 15.3. The Hall–Kier alpha value is -1.71. The summed E-state index contributed by atoms with van der Waals surface area (Å²) in [6, 6.07) is 3.79. The lowest BCUT2D eigenvalue weighted by atomic mass is 10.1. The van der Waals surface area contributed by atoms with Crippen molar-refractivity contribution in [3.8, 4) is 0 Å². The Bertz CT molecular complexity index is 457. The number of rotatable bonds is 12. The van der Waals surface area contributed by atoms with Gasteiger partial charge in [-0.3, -0.25) is 9.78 Å².